The maximum atomic E-state index is 11.5. The van der Waals surface area contributed by atoms with Crippen molar-refractivity contribution in [2.75, 3.05) is 0 Å². The van der Waals surface area contributed by atoms with Gasteiger partial charge in [0.05, 0.1) is 17.6 Å². The zero-order valence-electron chi connectivity index (χ0n) is 11.5. The van der Waals surface area contributed by atoms with Gasteiger partial charge in [-0.3, -0.25) is 9.78 Å². The molecule has 7 nitrogen and oxygen atoms in total. The molecule has 0 fully saturated rings. The number of nitrogens with one attached hydrogen (secondary N) is 1. The van der Waals surface area contributed by atoms with Crippen LogP contribution in [0, 0.1) is 6.92 Å². The third-order valence-corrected chi connectivity index (χ3v) is 3.94. The minimum Gasteiger partial charge on any atom is -0.298 e. The minimum absolute atomic E-state index is 0.236. The van der Waals surface area contributed by atoms with Gasteiger partial charge in [0.2, 0.25) is 0 Å². The Hall–Kier alpha value is -2.19. The molecule has 0 atom stereocenters. The zero-order chi connectivity index (χ0) is 15.5. The van der Waals surface area contributed by atoms with Gasteiger partial charge in [0.15, 0.2) is 5.16 Å². The lowest BCUT2D eigenvalue weighted by molar-refractivity contribution is 0.788. The van der Waals surface area contributed by atoms with E-state index < -0.39 is 0 Å². The topological polar surface area (TPSA) is 89.3 Å². The summed E-state index contributed by atoms with van der Waals surface area (Å²) in [6.45, 7) is 1.61. The van der Waals surface area contributed by atoms with Crippen molar-refractivity contribution in [2.45, 2.75) is 17.8 Å². The summed E-state index contributed by atoms with van der Waals surface area (Å²) in [5, 5.41) is 16.9. The van der Waals surface area contributed by atoms with Crippen LogP contribution in [0.3, 0.4) is 0 Å². The second kappa shape index (κ2) is 6.29. The van der Waals surface area contributed by atoms with E-state index in [1.807, 2.05) is 12.1 Å². The van der Waals surface area contributed by atoms with Crippen molar-refractivity contribution in [1.82, 2.24) is 30.2 Å². The first kappa shape index (κ1) is 14.7. The Bertz CT molecular complexity index is 861. The van der Waals surface area contributed by atoms with Crippen LogP contribution >= 0.6 is 23.4 Å². The highest BCUT2D eigenvalue weighted by Crippen LogP contribution is 2.18. The quantitative estimate of drug-likeness (QED) is 0.734. The van der Waals surface area contributed by atoms with Crippen molar-refractivity contribution in [3.8, 4) is 5.69 Å². The molecule has 0 aliphatic rings. The van der Waals surface area contributed by atoms with Crippen LogP contribution < -0.4 is 5.56 Å². The molecule has 0 saturated heterocycles. The number of hydrogen-bond acceptors (Lipinski definition) is 6. The number of aromatic nitrogens is 6. The van der Waals surface area contributed by atoms with Crippen LogP contribution in [-0.4, -0.2) is 30.2 Å². The molecule has 0 unspecified atom stereocenters. The van der Waals surface area contributed by atoms with Crippen molar-refractivity contribution < 1.29 is 0 Å². The van der Waals surface area contributed by atoms with Crippen LogP contribution in [0.5, 0.6) is 0 Å². The van der Waals surface area contributed by atoms with E-state index in [1.54, 1.807) is 29.9 Å². The molecule has 22 heavy (non-hydrogen) atoms. The Kier molecular flexibility index (Phi) is 4.21. The summed E-state index contributed by atoms with van der Waals surface area (Å²) >= 11 is 7.29. The SMILES string of the molecule is Cc1nnc(SCc2cn(-c3cccc(Cl)c3)nn2)[nH]c1=O. The second-order valence-corrected chi connectivity index (χ2v) is 5.87. The number of benzene rings is 1. The molecule has 2 heterocycles. The van der Waals surface area contributed by atoms with Gasteiger partial charge in [-0.15, -0.1) is 15.3 Å². The number of aryl methyl sites for hydroxylation is 1. The highest BCUT2D eigenvalue weighted by atomic mass is 35.5. The number of thioether (sulfide) groups is 1. The molecule has 0 amide bonds. The predicted molar refractivity (Wildman–Crippen MR) is 83.3 cm³/mol. The molecule has 112 valence electrons. The maximum Gasteiger partial charge on any atom is 0.273 e. The number of rotatable bonds is 4. The van der Waals surface area contributed by atoms with Gasteiger partial charge in [-0.2, -0.15) is 0 Å². The van der Waals surface area contributed by atoms with Gasteiger partial charge in [0.1, 0.15) is 5.69 Å². The fourth-order valence-electron chi connectivity index (χ4n) is 1.70. The first-order valence-electron chi connectivity index (χ1n) is 6.35. The summed E-state index contributed by atoms with van der Waals surface area (Å²) in [6, 6.07) is 7.34. The van der Waals surface area contributed by atoms with Crippen LogP contribution in [0.25, 0.3) is 5.69 Å². The summed E-state index contributed by atoms with van der Waals surface area (Å²) in [4.78, 5) is 14.1. The molecule has 0 aliphatic carbocycles. The molecule has 3 rings (SSSR count). The number of aromatic amines is 1. The van der Waals surface area contributed by atoms with Crippen LogP contribution in [0.1, 0.15) is 11.4 Å². The van der Waals surface area contributed by atoms with Gasteiger partial charge >= 0.3 is 0 Å². The fourth-order valence-corrected chi connectivity index (χ4v) is 2.56. The monoisotopic (exact) mass is 334 g/mol. The third kappa shape index (κ3) is 3.34. The molecule has 0 spiro atoms. The summed E-state index contributed by atoms with van der Waals surface area (Å²) < 4.78 is 1.64. The van der Waals surface area contributed by atoms with E-state index in [9.17, 15) is 4.79 Å². The Labute approximate surface area is 134 Å². The van der Waals surface area contributed by atoms with Gasteiger partial charge in [0, 0.05) is 10.8 Å². The normalized spacial score (nSPS) is 10.8. The first-order valence-corrected chi connectivity index (χ1v) is 7.72. The molecule has 2 aromatic heterocycles. The molecule has 3 aromatic rings. The molecule has 9 heteroatoms. The van der Waals surface area contributed by atoms with E-state index in [4.69, 9.17) is 11.6 Å². The maximum absolute atomic E-state index is 11.5. The van der Waals surface area contributed by atoms with E-state index in [0.717, 1.165) is 11.4 Å². The predicted octanol–water partition coefficient (Wildman–Crippen LogP) is 2.00. The number of H-pyrrole nitrogens is 1. The Morgan fingerprint density at radius 1 is 1.32 bits per heavy atom. The molecule has 0 aliphatic heterocycles. The average molecular weight is 335 g/mol. The number of hydrogen-bond donors (Lipinski definition) is 1. The van der Waals surface area contributed by atoms with E-state index in [-0.39, 0.29) is 5.56 Å². The molecular weight excluding hydrogens is 324 g/mol. The van der Waals surface area contributed by atoms with Crippen LogP contribution in [0.4, 0.5) is 0 Å². The molecule has 0 saturated carbocycles. The second-order valence-electron chi connectivity index (χ2n) is 4.47. The number of nitrogens with zero attached hydrogens (tertiary/aromatic N) is 5. The summed E-state index contributed by atoms with van der Waals surface area (Å²) in [5.41, 5.74) is 1.70. The van der Waals surface area contributed by atoms with Crippen LogP contribution in [0.2, 0.25) is 5.02 Å². The van der Waals surface area contributed by atoms with Crippen molar-refractivity contribution in [2.24, 2.45) is 0 Å². The smallest absolute Gasteiger partial charge is 0.273 e. The third-order valence-electron chi connectivity index (χ3n) is 2.81. The summed E-state index contributed by atoms with van der Waals surface area (Å²) in [6.07, 6.45) is 1.80. The van der Waals surface area contributed by atoms with Gasteiger partial charge in [-0.1, -0.05) is 34.6 Å². The highest BCUT2D eigenvalue weighted by molar-refractivity contribution is 7.98. The van der Waals surface area contributed by atoms with E-state index in [1.165, 1.54) is 11.8 Å². The molecule has 0 bridgehead atoms. The zero-order valence-corrected chi connectivity index (χ0v) is 13.1. The average Bonchev–Trinajstić information content (AvgIpc) is 2.97. The van der Waals surface area contributed by atoms with Crippen molar-refractivity contribution in [3.63, 3.8) is 0 Å². The fraction of sp³-hybridized carbons (Fsp3) is 0.154. The molecule has 1 aromatic carbocycles. The molecule has 1 N–H and O–H groups in total. The lowest BCUT2D eigenvalue weighted by Gasteiger charge is -1.99. The number of halogens is 1. The Morgan fingerprint density at radius 3 is 2.95 bits per heavy atom. The Balaban J connectivity index is 1.72. The lowest BCUT2D eigenvalue weighted by Crippen LogP contribution is -2.14. The van der Waals surface area contributed by atoms with Gasteiger partial charge in [0.25, 0.3) is 5.56 Å². The standard InChI is InChI=1S/C13H11ClN6OS/c1-8-12(21)15-13(18-16-8)22-7-10-6-20(19-17-10)11-4-2-3-9(14)5-11/h2-6H,7H2,1H3,(H,15,18,21). The Morgan fingerprint density at radius 2 is 2.18 bits per heavy atom. The van der Waals surface area contributed by atoms with Crippen LogP contribution in [0.15, 0.2) is 40.4 Å². The van der Waals surface area contributed by atoms with Crippen molar-refractivity contribution >= 4 is 23.4 Å². The molecule has 0 radical (unpaired) electrons. The van der Waals surface area contributed by atoms with Crippen molar-refractivity contribution in [3.05, 3.63) is 57.2 Å². The van der Waals surface area contributed by atoms with Crippen LogP contribution in [-0.2, 0) is 5.75 Å². The van der Waals surface area contributed by atoms with Gasteiger partial charge in [-0.05, 0) is 25.1 Å². The van der Waals surface area contributed by atoms with Gasteiger partial charge in [-0.25, -0.2) is 4.68 Å². The summed E-state index contributed by atoms with van der Waals surface area (Å²) in [7, 11) is 0. The van der Waals surface area contributed by atoms with Gasteiger partial charge < -0.3 is 0 Å². The van der Waals surface area contributed by atoms with E-state index in [0.29, 0.717) is 21.6 Å². The van der Waals surface area contributed by atoms with E-state index >= 15 is 0 Å². The lowest BCUT2D eigenvalue weighted by atomic mass is 10.3. The van der Waals surface area contributed by atoms with E-state index in [2.05, 4.69) is 25.5 Å². The highest BCUT2D eigenvalue weighted by Gasteiger charge is 2.06. The molecular formula is C13H11ClN6OS. The summed E-state index contributed by atoms with van der Waals surface area (Å²) in [5.74, 6) is 0.522. The minimum atomic E-state index is -0.236. The van der Waals surface area contributed by atoms with Crippen molar-refractivity contribution in [1.29, 1.82) is 0 Å². The first-order chi connectivity index (χ1) is 10.6. The largest absolute Gasteiger partial charge is 0.298 e.